The fraction of sp³-hybridized carbons (Fsp3) is 0.357. The van der Waals surface area contributed by atoms with E-state index in [1.54, 1.807) is 0 Å². The molecule has 0 radical (unpaired) electrons. The largest absolute Gasteiger partial charge is 0.486 e. The summed E-state index contributed by atoms with van der Waals surface area (Å²) in [5.74, 6) is 1.10. The lowest BCUT2D eigenvalue weighted by atomic mass is 10.2. The van der Waals surface area contributed by atoms with Gasteiger partial charge in [0.15, 0.2) is 11.5 Å². The third-order valence-corrected chi connectivity index (χ3v) is 3.25. The Morgan fingerprint density at radius 3 is 2.78 bits per heavy atom. The number of aromatic nitrogens is 2. The minimum absolute atomic E-state index is 0.00293. The van der Waals surface area contributed by atoms with Gasteiger partial charge in [0, 0.05) is 19.6 Å². The van der Waals surface area contributed by atoms with Gasteiger partial charge in [-0.2, -0.15) is 0 Å². The molecule has 0 aliphatic carbocycles. The van der Waals surface area contributed by atoms with Crippen LogP contribution in [-0.2, 0) is 6.54 Å². The monoisotopic (exact) mass is 319 g/mol. The number of amides is 1. The average molecular weight is 319 g/mol. The Morgan fingerprint density at radius 1 is 1.17 bits per heavy atom. The lowest BCUT2D eigenvalue weighted by Crippen LogP contribution is -2.32. The van der Waals surface area contributed by atoms with Gasteiger partial charge in [0.25, 0.3) is 5.91 Å². The lowest BCUT2D eigenvalue weighted by Gasteiger charge is -2.19. The number of nitrogen functional groups attached to an aromatic ring is 1. The van der Waals surface area contributed by atoms with E-state index >= 15 is 0 Å². The van der Waals surface area contributed by atoms with Crippen LogP contribution in [0.15, 0.2) is 22.8 Å². The molecular formula is C14H17N5O4. The summed E-state index contributed by atoms with van der Waals surface area (Å²) in [6, 6.07) is 5.82. The lowest BCUT2D eigenvalue weighted by molar-refractivity contribution is 0.0944. The zero-order valence-corrected chi connectivity index (χ0v) is 12.4. The van der Waals surface area contributed by atoms with Crippen molar-refractivity contribution >= 4 is 11.7 Å². The third kappa shape index (κ3) is 3.69. The van der Waals surface area contributed by atoms with Gasteiger partial charge in [-0.15, -0.1) is 0 Å². The van der Waals surface area contributed by atoms with Crippen molar-refractivity contribution in [2.24, 2.45) is 0 Å². The number of hydrogen-bond donors (Lipinski definition) is 3. The molecule has 1 aromatic carbocycles. The van der Waals surface area contributed by atoms with E-state index in [1.165, 1.54) is 0 Å². The molecule has 0 spiro atoms. The zero-order chi connectivity index (χ0) is 16.1. The van der Waals surface area contributed by atoms with Crippen molar-refractivity contribution < 1.29 is 18.9 Å². The molecule has 0 bridgehead atoms. The Hall–Kier alpha value is -2.81. The molecule has 9 heteroatoms. The molecule has 0 saturated heterocycles. The quantitative estimate of drug-likeness (QED) is 0.633. The number of nitrogens with zero attached hydrogens (tertiary/aromatic N) is 2. The molecule has 9 nitrogen and oxygen atoms in total. The molecule has 0 saturated carbocycles. The third-order valence-electron chi connectivity index (χ3n) is 3.25. The van der Waals surface area contributed by atoms with Crippen LogP contribution >= 0.6 is 0 Å². The summed E-state index contributed by atoms with van der Waals surface area (Å²) in [4.78, 5) is 11.7. The van der Waals surface area contributed by atoms with E-state index in [9.17, 15) is 4.79 Å². The van der Waals surface area contributed by atoms with E-state index in [2.05, 4.69) is 25.6 Å². The Labute approximate surface area is 132 Å². The molecule has 23 heavy (non-hydrogen) atoms. The first-order valence-corrected chi connectivity index (χ1v) is 7.19. The molecule has 1 aliphatic heterocycles. The van der Waals surface area contributed by atoms with Crippen LogP contribution < -0.4 is 25.8 Å². The number of fused-ring (bicyclic) bond motifs is 1. The first kappa shape index (κ1) is 15.1. The molecule has 3 rings (SSSR count). The van der Waals surface area contributed by atoms with Crippen LogP contribution in [-0.4, -0.2) is 42.5 Å². The van der Waals surface area contributed by atoms with Crippen molar-refractivity contribution in [2.45, 2.75) is 6.54 Å². The predicted molar refractivity (Wildman–Crippen MR) is 80.2 cm³/mol. The highest BCUT2D eigenvalue weighted by molar-refractivity contribution is 5.95. The second-order valence-corrected chi connectivity index (χ2v) is 4.91. The summed E-state index contributed by atoms with van der Waals surface area (Å²) in [6.07, 6.45) is 0. The molecule has 4 N–H and O–H groups in total. The summed E-state index contributed by atoms with van der Waals surface area (Å²) in [5.41, 5.74) is 6.51. The first-order valence-electron chi connectivity index (χ1n) is 7.19. The molecule has 0 atom stereocenters. The van der Waals surface area contributed by atoms with Crippen LogP contribution in [0, 0.1) is 0 Å². The summed E-state index contributed by atoms with van der Waals surface area (Å²) >= 11 is 0. The standard InChI is InChI=1S/C14H17N5O4/c15-13-12(18-23-19-13)14(20)17-4-3-16-8-9-1-2-10-11(7-9)22-6-5-21-10/h1-2,7,16H,3-6,8H2,(H2,15,19)(H,17,20). The second kappa shape index (κ2) is 6.97. The van der Waals surface area contributed by atoms with Crippen molar-refractivity contribution in [3.8, 4) is 11.5 Å². The predicted octanol–water partition coefficient (Wildman–Crippen LogP) is -0.0574. The topological polar surface area (TPSA) is 125 Å². The number of nitrogens with one attached hydrogen (secondary N) is 2. The molecule has 2 aromatic rings. The number of nitrogens with two attached hydrogens (primary N) is 1. The van der Waals surface area contributed by atoms with Crippen LogP contribution in [0.4, 0.5) is 5.82 Å². The van der Waals surface area contributed by atoms with Crippen molar-refractivity contribution in [3.63, 3.8) is 0 Å². The van der Waals surface area contributed by atoms with E-state index < -0.39 is 5.91 Å². The molecular weight excluding hydrogens is 302 g/mol. The van der Waals surface area contributed by atoms with E-state index in [0.29, 0.717) is 32.8 Å². The number of carbonyl (C=O) groups is 1. The highest BCUT2D eigenvalue weighted by atomic mass is 16.6. The molecule has 1 aromatic heterocycles. The van der Waals surface area contributed by atoms with Gasteiger partial charge in [0.2, 0.25) is 11.5 Å². The Balaban J connectivity index is 1.40. The normalized spacial score (nSPS) is 12.9. The Bertz CT molecular complexity index is 688. The average Bonchev–Trinajstić information content (AvgIpc) is 3.00. The van der Waals surface area contributed by atoms with Gasteiger partial charge < -0.3 is 25.8 Å². The number of rotatable bonds is 6. The Morgan fingerprint density at radius 2 is 2.00 bits per heavy atom. The number of benzene rings is 1. The van der Waals surface area contributed by atoms with Gasteiger partial charge in [-0.3, -0.25) is 4.79 Å². The van der Waals surface area contributed by atoms with Gasteiger partial charge in [0.1, 0.15) is 13.2 Å². The minimum Gasteiger partial charge on any atom is -0.486 e. The fourth-order valence-electron chi connectivity index (χ4n) is 2.13. The van der Waals surface area contributed by atoms with Gasteiger partial charge in [-0.05, 0) is 28.0 Å². The van der Waals surface area contributed by atoms with E-state index in [4.69, 9.17) is 15.2 Å². The zero-order valence-electron chi connectivity index (χ0n) is 12.4. The molecule has 122 valence electrons. The number of ether oxygens (including phenoxy) is 2. The van der Waals surface area contributed by atoms with Crippen molar-refractivity contribution in [2.75, 3.05) is 32.0 Å². The summed E-state index contributed by atoms with van der Waals surface area (Å²) in [5, 5.41) is 12.7. The smallest absolute Gasteiger partial charge is 0.277 e. The fourth-order valence-corrected chi connectivity index (χ4v) is 2.13. The minimum atomic E-state index is -0.412. The van der Waals surface area contributed by atoms with Crippen molar-refractivity contribution in [3.05, 3.63) is 29.5 Å². The van der Waals surface area contributed by atoms with E-state index in [0.717, 1.165) is 17.1 Å². The summed E-state index contributed by atoms with van der Waals surface area (Å²) in [6.45, 7) is 2.81. The molecule has 0 unspecified atom stereocenters. The molecule has 1 aliphatic rings. The molecule has 2 heterocycles. The van der Waals surface area contributed by atoms with Crippen molar-refractivity contribution in [1.29, 1.82) is 0 Å². The van der Waals surface area contributed by atoms with Gasteiger partial charge in [-0.25, -0.2) is 4.63 Å². The van der Waals surface area contributed by atoms with Crippen LogP contribution in [0.2, 0.25) is 0 Å². The maximum atomic E-state index is 11.7. The van der Waals surface area contributed by atoms with E-state index in [-0.39, 0.29) is 11.5 Å². The second-order valence-electron chi connectivity index (χ2n) is 4.91. The van der Waals surface area contributed by atoms with Gasteiger partial charge in [-0.1, -0.05) is 6.07 Å². The Kier molecular flexibility index (Phi) is 4.57. The number of hydrogen-bond acceptors (Lipinski definition) is 8. The van der Waals surface area contributed by atoms with Crippen molar-refractivity contribution in [1.82, 2.24) is 20.9 Å². The molecule has 1 amide bonds. The SMILES string of the molecule is Nc1nonc1C(=O)NCCNCc1ccc2c(c1)OCCO2. The maximum Gasteiger partial charge on any atom is 0.277 e. The highest BCUT2D eigenvalue weighted by Crippen LogP contribution is 2.30. The van der Waals surface area contributed by atoms with Crippen LogP contribution in [0.25, 0.3) is 0 Å². The van der Waals surface area contributed by atoms with E-state index in [1.807, 2.05) is 18.2 Å². The van der Waals surface area contributed by atoms with Gasteiger partial charge >= 0.3 is 0 Å². The number of carbonyl (C=O) groups excluding carboxylic acids is 1. The van der Waals surface area contributed by atoms with Crippen LogP contribution in [0.5, 0.6) is 11.5 Å². The van der Waals surface area contributed by atoms with Crippen LogP contribution in [0.3, 0.4) is 0 Å². The first-order chi connectivity index (χ1) is 11.2. The highest BCUT2D eigenvalue weighted by Gasteiger charge is 2.15. The summed E-state index contributed by atoms with van der Waals surface area (Å²) in [7, 11) is 0. The van der Waals surface area contributed by atoms with Crippen LogP contribution in [0.1, 0.15) is 16.1 Å². The molecule has 0 fully saturated rings. The summed E-state index contributed by atoms with van der Waals surface area (Å²) < 4.78 is 15.4. The number of anilines is 1. The van der Waals surface area contributed by atoms with Gasteiger partial charge in [0.05, 0.1) is 0 Å². The maximum absolute atomic E-state index is 11.7.